The summed E-state index contributed by atoms with van der Waals surface area (Å²) in [6, 6.07) is 11.4. The Morgan fingerprint density at radius 1 is 1.26 bits per heavy atom. The number of hydrogen-bond acceptors (Lipinski definition) is 7. The number of β-amino-alcohol motifs (C(OH)–C–C–N with tert-alkyl or cyclic N) is 1. The molecule has 1 fully saturated rings. The first-order valence-electron chi connectivity index (χ1n) is 13.9. The number of carbonyl (C=O) groups excluding carboxylic acids is 3. The minimum Gasteiger partial charge on any atom is -0.481 e. The van der Waals surface area contributed by atoms with Gasteiger partial charge in [0.25, 0.3) is 5.91 Å². The number of nitrogens with zero attached hydrogens (tertiary/aromatic N) is 3. The molecule has 0 radical (unpaired) electrons. The minimum atomic E-state index is -0.872. The SMILES string of the molecule is C#CCOc1cc(-c2scnc2C)ccc1CNC(=O)[C@@H]1C[C@@H](O)CN1C(=O)[C@H](C(C)C)N1Cc2ccccc2C1=O. The van der Waals surface area contributed by atoms with Crippen molar-refractivity contribution >= 4 is 29.1 Å². The normalized spacial score (nSPS) is 18.6. The predicted octanol–water partition coefficient (Wildman–Crippen LogP) is 3.39. The molecule has 2 aromatic carbocycles. The molecule has 2 N–H and O–H groups in total. The van der Waals surface area contributed by atoms with E-state index in [4.69, 9.17) is 11.2 Å². The number of rotatable bonds is 9. The molecule has 0 saturated carbocycles. The van der Waals surface area contributed by atoms with Gasteiger partial charge in [-0.25, -0.2) is 4.98 Å². The molecule has 3 aromatic rings. The number of thiazole rings is 1. The molecule has 1 aromatic heterocycles. The molecule has 3 heterocycles. The topological polar surface area (TPSA) is 112 Å². The molecule has 9 nitrogen and oxygen atoms in total. The number of nitrogens with one attached hydrogen (secondary N) is 1. The van der Waals surface area contributed by atoms with Gasteiger partial charge in [0.1, 0.15) is 24.4 Å². The summed E-state index contributed by atoms with van der Waals surface area (Å²) in [5.41, 5.74) is 5.81. The average molecular weight is 587 g/mol. The first-order valence-corrected chi connectivity index (χ1v) is 14.8. The molecule has 5 rings (SSSR count). The zero-order valence-electron chi connectivity index (χ0n) is 23.9. The number of likely N-dealkylation sites (tertiary alicyclic amines) is 1. The van der Waals surface area contributed by atoms with Crippen molar-refractivity contribution in [3.63, 3.8) is 0 Å². The molecule has 218 valence electrons. The van der Waals surface area contributed by atoms with Gasteiger partial charge in [0.2, 0.25) is 11.8 Å². The second kappa shape index (κ2) is 12.3. The number of aliphatic hydroxyl groups excluding tert-OH is 1. The fourth-order valence-electron chi connectivity index (χ4n) is 5.73. The lowest BCUT2D eigenvalue weighted by Gasteiger charge is -2.35. The fraction of sp³-hybridized carbons (Fsp3) is 0.375. The maximum Gasteiger partial charge on any atom is 0.255 e. The maximum absolute atomic E-state index is 14.0. The lowest BCUT2D eigenvalue weighted by Crippen LogP contribution is -2.55. The van der Waals surface area contributed by atoms with Crippen LogP contribution in [-0.2, 0) is 22.7 Å². The van der Waals surface area contributed by atoms with Crippen LogP contribution in [0.25, 0.3) is 10.4 Å². The van der Waals surface area contributed by atoms with E-state index in [0.29, 0.717) is 17.9 Å². The largest absolute Gasteiger partial charge is 0.481 e. The highest BCUT2D eigenvalue weighted by molar-refractivity contribution is 7.13. The number of fused-ring (bicyclic) bond motifs is 1. The lowest BCUT2D eigenvalue weighted by atomic mass is 10.0. The number of terminal acetylenes is 1. The Bertz CT molecular complexity index is 1540. The Morgan fingerprint density at radius 3 is 2.74 bits per heavy atom. The van der Waals surface area contributed by atoms with E-state index >= 15 is 0 Å². The number of carbonyl (C=O) groups is 3. The molecule has 0 unspecified atom stereocenters. The third kappa shape index (κ3) is 5.75. The Labute approximate surface area is 249 Å². The predicted molar refractivity (Wildman–Crippen MR) is 160 cm³/mol. The Kier molecular flexibility index (Phi) is 8.61. The van der Waals surface area contributed by atoms with Crippen LogP contribution >= 0.6 is 11.3 Å². The maximum atomic E-state index is 14.0. The molecule has 0 bridgehead atoms. The van der Waals surface area contributed by atoms with E-state index in [2.05, 4.69) is 16.2 Å². The van der Waals surface area contributed by atoms with Crippen LogP contribution in [0.5, 0.6) is 5.75 Å². The molecule has 3 atom stereocenters. The zero-order valence-corrected chi connectivity index (χ0v) is 24.7. The van der Waals surface area contributed by atoms with Crippen molar-refractivity contribution in [1.82, 2.24) is 20.1 Å². The summed E-state index contributed by atoms with van der Waals surface area (Å²) in [6.45, 7) is 6.27. The standard InChI is InChI=1S/C32H34N4O5S/c1-5-12-41-27-13-21(29-20(4)34-18-42-29)10-11-22(27)15-33-30(38)26-14-24(37)17-35(26)32(40)28(19(2)3)36-16-23-8-6-7-9-25(23)31(36)39/h1,6-11,13,18-19,24,26,28,37H,12,14-17H2,2-4H3,(H,33,38)/t24-,26+,28+/m1/s1. The number of aryl methyl sites for hydroxylation is 1. The second-order valence-electron chi connectivity index (χ2n) is 11.0. The first-order chi connectivity index (χ1) is 20.2. The van der Waals surface area contributed by atoms with Gasteiger partial charge < -0.3 is 25.0 Å². The van der Waals surface area contributed by atoms with E-state index in [0.717, 1.165) is 27.3 Å². The Morgan fingerprint density at radius 2 is 2.05 bits per heavy atom. The summed E-state index contributed by atoms with van der Waals surface area (Å²) in [5, 5.41) is 13.4. The highest BCUT2D eigenvalue weighted by Gasteiger charge is 2.45. The summed E-state index contributed by atoms with van der Waals surface area (Å²) >= 11 is 1.53. The number of aliphatic hydroxyl groups is 1. The van der Waals surface area contributed by atoms with Gasteiger partial charge in [-0.15, -0.1) is 17.8 Å². The lowest BCUT2D eigenvalue weighted by molar-refractivity contribution is -0.143. The van der Waals surface area contributed by atoms with E-state index in [9.17, 15) is 19.5 Å². The molecular weight excluding hydrogens is 552 g/mol. The van der Waals surface area contributed by atoms with Crippen molar-refractivity contribution < 1.29 is 24.2 Å². The zero-order chi connectivity index (χ0) is 30.0. The third-order valence-corrected chi connectivity index (χ3v) is 8.75. The number of aromatic nitrogens is 1. The second-order valence-corrected chi connectivity index (χ2v) is 11.8. The quantitative estimate of drug-likeness (QED) is 0.372. The fourth-order valence-corrected chi connectivity index (χ4v) is 6.53. The average Bonchev–Trinajstić information content (AvgIpc) is 3.67. The van der Waals surface area contributed by atoms with Crippen LogP contribution in [0.15, 0.2) is 48.0 Å². The van der Waals surface area contributed by atoms with Crippen LogP contribution in [0.3, 0.4) is 0 Å². The van der Waals surface area contributed by atoms with Crippen molar-refractivity contribution in [2.45, 2.75) is 58.5 Å². The molecule has 42 heavy (non-hydrogen) atoms. The molecule has 0 aliphatic carbocycles. The van der Waals surface area contributed by atoms with Crippen molar-refractivity contribution in [2.24, 2.45) is 5.92 Å². The van der Waals surface area contributed by atoms with Gasteiger partial charge in [0.05, 0.1) is 22.2 Å². The first kappa shape index (κ1) is 29.3. The van der Waals surface area contributed by atoms with Crippen molar-refractivity contribution in [3.8, 4) is 28.5 Å². The Hall–Kier alpha value is -4.20. The van der Waals surface area contributed by atoms with Gasteiger partial charge in [0, 0.05) is 37.2 Å². The Balaban J connectivity index is 1.32. The molecule has 10 heteroatoms. The smallest absolute Gasteiger partial charge is 0.255 e. The van der Waals surface area contributed by atoms with Crippen LogP contribution in [0, 0.1) is 25.2 Å². The van der Waals surface area contributed by atoms with Crippen molar-refractivity contribution in [1.29, 1.82) is 0 Å². The van der Waals surface area contributed by atoms with Gasteiger partial charge in [-0.2, -0.15) is 0 Å². The van der Waals surface area contributed by atoms with E-state index in [1.807, 2.05) is 51.1 Å². The highest BCUT2D eigenvalue weighted by Crippen LogP contribution is 2.33. The number of ether oxygens (including phenoxy) is 1. The molecule has 2 aliphatic heterocycles. The summed E-state index contributed by atoms with van der Waals surface area (Å²) in [5.74, 6) is 1.89. The molecule has 0 spiro atoms. The number of benzene rings is 2. The summed E-state index contributed by atoms with van der Waals surface area (Å²) in [6.07, 6.45) is 4.70. The summed E-state index contributed by atoms with van der Waals surface area (Å²) < 4.78 is 5.81. The summed E-state index contributed by atoms with van der Waals surface area (Å²) in [7, 11) is 0. The molecule has 1 saturated heterocycles. The molecular formula is C32H34N4O5S. The number of hydrogen-bond donors (Lipinski definition) is 2. The monoisotopic (exact) mass is 586 g/mol. The van der Waals surface area contributed by atoms with Gasteiger partial charge >= 0.3 is 0 Å². The summed E-state index contributed by atoms with van der Waals surface area (Å²) in [4.78, 5) is 49.0. The van der Waals surface area contributed by atoms with Crippen LogP contribution < -0.4 is 10.1 Å². The van der Waals surface area contributed by atoms with Crippen LogP contribution in [0.2, 0.25) is 0 Å². The van der Waals surface area contributed by atoms with E-state index in [-0.39, 0.29) is 49.8 Å². The van der Waals surface area contributed by atoms with E-state index in [1.54, 1.807) is 22.5 Å². The number of amides is 3. The van der Waals surface area contributed by atoms with Crippen molar-refractivity contribution in [2.75, 3.05) is 13.2 Å². The highest BCUT2D eigenvalue weighted by atomic mass is 32.1. The third-order valence-electron chi connectivity index (χ3n) is 7.77. The van der Waals surface area contributed by atoms with Crippen LogP contribution in [-0.4, -0.2) is 69.0 Å². The molecule has 2 aliphatic rings. The minimum absolute atomic E-state index is 0.0224. The van der Waals surface area contributed by atoms with Crippen LogP contribution in [0.1, 0.15) is 47.4 Å². The van der Waals surface area contributed by atoms with Gasteiger partial charge in [0.15, 0.2) is 0 Å². The van der Waals surface area contributed by atoms with E-state index < -0.39 is 18.2 Å². The van der Waals surface area contributed by atoms with E-state index in [1.165, 1.54) is 16.2 Å². The van der Waals surface area contributed by atoms with Gasteiger partial charge in [-0.3, -0.25) is 14.4 Å². The van der Waals surface area contributed by atoms with Crippen molar-refractivity contribution in [3.05, 3.63) is 70.4 Å². The van der Waals surface area contributed by atoms with Gasteiger partial charge in [-0.1, -0.05) is 50.1 Å². The van der Waals surface area contributed by atoms with Gasteiger partial charge in [-0.05, 0) is 36.1 Å². The van der Waals surface area contributed by atoms with Crippen LogP contribution in [0.4, 0.5) is 0 Å². The molecule has 3 amide bonds.